The summed E-state index contributed by atoms with van der Waals surface area (Å²) in [5.41, 5.74) is 10.6. The zero-order chi connectivity index (χ0) is 22.2. The fourth-order valence-electron chi connectivity index (χ4n) is 4.59. The third kappa shape index (κ3) is 4.00. The van der Waals surface area contributed by atoms with Crippen molar-refractivity contribution in [1.29, 1.82) is 0 Å². The first-order chi connectivity index (χ1) is 14.1. The Bertz CT molecular complexity index is 1010. The van der Waals surface area contributed by atoms with Crippen LogP contribution in [0.5, 0.6) is 0 Å². The Hall–Kier alpha value is -3.01. The molecule has 0 radical (unpaired) electrons. The molecule has 0 amide bonds. The minimum absolute atomic E-state index is 0.0241. The highest BCUT2D eigenvalue weighted by atomic mass is 16.6. The Morgan fingerprint density at radius 3 is 1.90 bits per heavy atom. The number of nitrogens with zero attached hydrogens (tertiary/aromatic N) is 2. The van der Waals surface area contributed by atoms with Crippen molar-refractivity contribution in [2.45, 2.75) is 54.9 Å². The lowest BCUT2D eigenvalue weighted by molar-refractivity contribution is -0.604. The van der Waals surface area contributed by atoms with Crippen LogP contribution in [-0.2, 0) is 11.2 Å². The molecule has 0 aliphatic rings. The maximum Gasteiger partial charge on any atom is 0.275 e. The van der Waals surface area contributed by atoms with Crippen molar-refractivity contribution < 1.29 is 14.4 Å². The van der Waals surface area contributed by atoms with Gasteiger partial charge in [0.05, 0.1) is 13.5 Å². The summed E-state index contributed by atoms with van der Waals surface area (Å²) in [4.78, 5) is 0. The zero-order valence-electron chi connectivity index (χ0n) is 19.4. The number of hydrogen-bond acceptors (Lipinski definition) is 2. The van der Waals surface area contributed by atoms with Crippen LogP contribution in [0.4, 0.5) is 0 Å². The number of ether oxygens (including phenoxy) is 1. The predicted molar refractivity (Wildman–Crippen MR) is 122 cm³/mol. The first-order valence-corrected chi connectivity index (χ1v) is 10.3. The molecular weight excluding hydrogens is 372 g/mol. The third-order valence-corrected chi connectivity index (χ3v) is 5.66. The third-order valence-electron chi connectivity index (χ3n) is 5.66. The van der Waals surface area contributed by atoms with Gasteiger partial charge < -0.3 is 9.84 Å². The van der Waals surface area contributed by atoms with Crippen molar-refractivity contribution in [3.05, 3.63) is 87.4 Å². The van der Waals surface area contributed by atoms with Gasteiger partial charge in [0, 0.05) is 5.57 Å². The molecule has 1 N–H and O–H groups in total. The fraction of sp³-hybridized carbons (Fsp3) is 0.346. The van der Waals surface area contributed by atoms with E-state index in [1.54, 1.807) is 0 Å². The standard InChI is InChI=1S/C26H32N2O2/c1-16-11-18(3)24(19(4)12-16)27-9-10-28(23(27)15-22(7)26(29)30-8)25-20(5)13-17(2)14-21(25)6/h9-14H,15H2,1-8H3/p+1/b26-22-. The molecule has 0 spiro atoms. The van der Waals surface area contributed by atoms with Crippen molar-refractivity contribution in [1.82, 2.24) is 4.57 Å². The lowest BCUT2D eigenvalue weighted by Gasteiger charge is -2.13. The first-order valence-electron chi connectivity index (χ1n) is 10.3. The Kier molecular flexibility index (Phi) is 6.06. The van der Waals surface area contributed by atoms with Crippen LogP contribution in [0.2, 0.25) is 0 Å². The van der Waals surface area contributed by atoms with Gasteiger partial charge in [0.2, 0.25) is 0 Å². The van der Waals surface area contributed by atoms with Crippen molar-refractivity contribution >= 4 is 0 Å². The van der Waals surface area contributed by atoms with E-state index in [0.29, 0.717) is 6.42 Å². The molecule has 0 saturated heterocycles. The van der Waals surface area contributed by atoms with Crippen molar-refractivity contribution in [3.8, 4) is 11.4 Å². The molecule has 4 heteroatoms. The number of aromatic nitrogens is 2. The summed E-state index contributed by atoms with van der Waals surface area (Å²) in [6.45, 7) is 14.8. The van der Waals surface area contributed by atoms with Gasteiger partial charge in [-0.15, -0.1) is 0 Å². The fourth-order valence-corrected chi connectivity index (χ4v) is 4.59. The Morgan fingerprint density at radius 1 is 0.900 bits per heavy atom. The number of allylic oxidation sites excluding steroid dienone is 1. The van der Waals surface area contributed by atoms with E-state index in [4.69, 9.17) is 4.74 Å². The van der Waals surface area contributed by atoms with Gasteiger partial charge in [-0.05, 0) is 70.7 Å². The number of aliphatic hydroxyl groups excluding tert-OH is 1. The van der Waals surface area contributed by atoms with Gasteiger partial charge >= 0.3 is 0 Å². The molecule has 0 unspecified atom stereocenters. The average molecular weight is 406 g/mol. The molecule has 4 nitrogen and oxygen atoms in total. The summed E-state index contributed by atoms with van der Waals surface area (Å²) in [6, 6.07) is 8.87. The number of rotatable bonds is 5. The smallest absolute Gasteiger partial charge is 0.275 e. The van der Waals surface area contributed by atoms with E-state index in [0.717, 1.165) is 11.4 Å². The lowest BCUT2D eigenvalue weighted by atomic mass is 10.0. The number of aryl methyl sites for hydroxylation is 6. The van der Waals surface area contributed by atoms with Crippen LogP contribution in [-0.4, -0.2) is 16.8 Å². The van der Waals surface area contributed by atoms with E-state index in [1.165, 1.54) is 51.9 Å². The molecule has 1 heterocycles. The Labute approximate surface area is 180 Å². The van der Waals surface area contributed by atoms with E-state index < -0.39 is 0 Å². The molecule has 3 rings (SSSR count). The summed E-state index contributed by atoms with van der Waals surface area (Å²) in [5, 5.41) is 10.2. The molecule has 0 fully saturated rings. The molecule has 0 atom stereocenters. The number of methoxy groups -OCH3 is 1. The van der Waals surface area contributed by atoms with Gasteiger partial charge in [-0.1, -0.05) is 35.4 Å². The maximum absolute atomic E-state index is 10.2. The molecule has 0 saturated carbocycles. The van der Waals surface area contributed by atoms with E-state index >= 15 is 0 Å². The number of imidazole rings is 1. The Morgan fingerprint density at radius 2 is 1.40 bits per heavy atom. The first kappa shape index (κ1) is 21.7. The van der Waals surface area contributed by atoms with E-state index in [9.17, 15) is 5.11 Å². The summed E-state index contributed by atoms with van der Waals surface area (Å²) in [7, 11) is 1.49. The molecule has 1 aromatic heterocycles. The normalized spacial score (nSPS) is 12.1. The lowest BCUT2D eigenvalue weighted by Crippen LogP contribution is -2.36. The van der Waals surface area contributed by atoms with Gasteiger partial charge in [-0.2, -0.15) is 9.13 Å². The SMILES string of the molecule is CO/C(O)=C(/C)Cc1n(-c2c(C)cc(C)cc2C)cc[n+]1-c1c(C)cc(C)cc1C. The van der Waals surface area contributed by atoms with Crippen LogP contribution in [0.3, 0.4) is 0 Å². The molecule has 0 aliphatic carbocycles. The van der Waals surface area contributed by atoms with Crippen molar-refractivity contribution in [2.24, 2.45) is 0 Å². The predicted octanol–water partition coefficient (Wildman–Crippen LogP) is 5.58. The highest BCUT2D eigenvalue weighted by Gasteiger charge is 2.26. The number of benzene rings is 2. The highest BCUT2D eigenvalue weighted by Crippen LogP contribution is 2.25. The summed E-state index contributed by atoms with van der Waals surface area (Å²) in [5.74, 6) is 1.05. The topological polar surface area (TPSA) is 38.3 Å². The van der Waals surface area contributed by atoms with Gasteiger partial charge in [0.25, 0.3) is 11.8 Å². The minimum Gasteiger partial charge on any atom is -0.481 e. The monoisotopic (exact) mass is 405 g/mol. The van der Waals surface area contributed by atoms with Gasteiger partial charge in [0.15, 0.2) is 0 Å². The second-order valence-electron chi connectivity index (χ2n) is 8.42. The second kappa shape index (κ2) is 8.39. The van der Waals surface area contributed by atoms with Gasteiger partial charge in [-0.25, -0.2) is 0 Å². The Balaban J connectivity index is 2.32. The molecule has 3 aromatic rings. The molecular formula is C26H33N2O2+. The van der Waals surface area contributed by atoms with E-state index in [1.807, 2.05) is 6.92 Å². The highest BCUT2D eigenvalue weighted by molar-refractivity contribution is 5.50. The molecule has 0 bridgehead atoms. The van der Waals surface area contributed by atoms with Crippen LogP contribution in [0, 0.1) is 41.5 Å². The summed E-state index contributed by atoms with van der Waals surface area (Å²) >= 11 is 0. The van der Waals surface area contributed by atoms with Gasteiger partial charge in [0.1, 0.15) is 23.8 Å². The van der Waals surface area contributed by atoms with Crippen molar-refractivity contribution in [2.75, 3.05) is 7.11 Å². The van der Waals surface area contributed by atoms with E-state index in [-0.39, 0.29) is 5.95 Å². The number of aliphatic hydroxyl groups is 1. The van der Waals surface area contributed by atoms with Crippen LogP contribution < -0.4 is 4.57 Å². The van der Waals surface area contributed by atoms with Crippen LogP contribution >= 0.6 is 0 Å². The van der Waals surface area contributed by atoms with Gasteiger partial charge in [-0.3, -0.25) is 0 Å². The maximum atomic E-state index is 10.2. The van der Waals surface area contributed by atoms with Crippen LogP contribution in [0.15, 0.2) is 48.2 Å². The molecule has 2 aromatic carbocycles. The molecule has 0 aliphatic heterocycles. The van der Waals surface area contributed by atoms with Crippen molar-refractivity contribution in [3.63, 3.8) is 0 Å². The second-order valence-corrected chi connectivity index (χ2v) is 8.42. The number of hydrogen-bond donors (Lipinski definition) is 1. The van der Waals surface area contributed by atoms with Crippen LogP contribution in [0.25, 0.3) is 11.4 Å². The molecule has 30 heavy (non-hydrogen) atoms. The summed E-state index contributed by atoms with van der Waals surface area (Å²) < 4.78 is 9.59. The largest absolute Gasteiger partial charge is 0.481 e. The average Bonchev–Trinajstić information content (AvgIpc) is 3.02. The van der Waals surface area contributed by atoms with Crippen LogP contribution in [0.1, 0.15) is 46.1 Å². The molecule has 158 valence electrons. The zero-order valence-corrected chi connectivity index (χ0v) is 19.4. The summed E-state index contributed by atoms with van der Waals surface area (Å²) in [6.07, 6.45) is 4.80. The minimum atomic E-state index is -0.0241. The van der Waals surface area contributed by atoms with E-state index in [2.05, 4.69) is 87.3 Å². The quantitative estimate of drug-likeness (QED) is 0.444.